The van der Waals surface area contributed by atoms with Crippen molar-refractivity contribution in [1.82, 2.24) is 4.90 Å². The molecule has 0 aromatic heterocycles. The third-order valence-electron chi connectivity index (χ3n) is 5.17. The lowest BCUT2D eigenvalue weighted by atomic mass is 10.1. The summed E-state index contributed by atoms with van der Waals surface area (Å²) in [4.78, 5) is 4.34. The van der Waals surface area contributed by atoms with Gasteiger partial charge in [-0.15, -0.1) is 0 Å². The molecule has 1 fully saturated rings. The fourth-order valence-electron chi connectivity index (χ4n) is 3.40. The van der Waals surface area contributed by atoms with Gasteiger partial charge in [-0.25, -0.2) is 0 Å². The van der Waals surface area contributed by atoms with E-state index in [1.165, 1.54) is 16.8 Å². The number of anilines is 2. The van der Waals surface area contributed by atoms with Gasteiger partial charge >= 0.3 is 0 Å². The van der Waals surface area contributed by atoms with E-state index in [0.29, 0.717) is 0 Å². The van der Waals surface area contributed by atoms with Gasteiger partial charge in [-0.1, -0.05) is 31.2 Å². The van der Waals surface area contributed by atoms with E-state index in [0.717, 1.165) is 49.8 Å². The van der Waals surface area contributed by atoms with Crippen LogP contribution < -0.4 is 10.2 Å². The maximum absolute atomic E-state index is 5.87. The van der Waals surface area contributed by atoms with E-state index in [4.69, 9.17) is 17.0 Å². The summed E-state index contributed by atoms with van der Waals surface area (Å²) in [6, 6.07) is 17.2. The average Bonchev–Trinajstić information content (AvgIpc) is 3.21. The Balaban J connectivity index is 1.70. The minimum Gasteiger partial charge on any atom is -0.378 e. The highest BCUT2D eigenvalue weighted by atomic mass is 32.1. The zero-order valence-corrected chi connectivity index (χ0v) is 18.0. The predicted octanol–water partition coefficient (Wildman–Crippen LogP) is 4.69. The van der Waals surface area contributed by atoms with Gasteiger partial charge in [-0.2, -0.15) is 0 Å². The van der Waals surface area contributed by atoms with E-state index in [1.807, 2.05) is 0 Å². The highest BCUT2D eigenvalue weighted by molar-refractivity contribution is 7.80. The molecule has 1 saturated heterocycles. The molecule has 0 bridgehead atoms. The van der Waals surface area contributed by atoms with Crippen LogP contribution in [0.25, 0.3) is 0 Å². The Morgan fingerprint density at radius 2 is 1.75 bits per heavy atom. The van der Waals surface area contributed by atoms with Gasteiger partial charge in [0.05, 0.1) is 6.10 Å². The first-order valence-corrected chi connectivity index (χ1v) is 10.5. The normalized spacial score (nSPS) is 16.0. The largest absolute Gasteiger partial charge is 0.378 e. The van der Waals surface area contributed by atoms with Gasteiger partial charge in [0.2, 0.25) is 0 Å². The second kappa shape index (κ2) is 9.89. The molecule has 3 rings (SSSR count). The van der Waals surface area contributed by atoms with E-state index < -0.39 is 0 Å². The molecule has 0 aliphatic carbocycles. The monoisotopic (exact) mass is 397 g/mol. The van der Waals surface area contributed by atoms with Gasteiger partial charge in [0.25, 0.3) is 0 Å². The van der Waals surface area contributed by atoms with Crippen molar-refractivity contribution in [3.05, 3.63) is 59.7 Å². The second-order valence-corrected chi connectivity index (χ2v) is 7.94. The van der Waals surface area contributed by atoms with E-state index in [1.54, 1.807) is 0 Å². The Labute approximate surface area is 174 Å². The highest BCUT2D eigenvalue weighted by Crippen LogP contribution is 2.19. The first kappa shape index (κ1) is 20.6. The third kappa shape index (κ3) is 5.69. The number of nitrogens with zero attached hydrogens (tertiary/aromatic N) is 2. The molecule has 150 valence electrons. The molecule has 4 nitrogen and oxygen atoms in total. The fraction of sp³-hybridized carbons (Fsp3) is 0.435. The van der Waals surface area contributed by atoms with Crippen molar-refractivity contribution in [3.63, 3.8) is 0 Å². The molecule has 0 spiro atoms. The van der Waals surface area contributed by atoms with Crippen molar-refractivity contribution in [1.29, 1.82) is 0 Å². The average molecular weight is 398 g/mol. The first-order valence-electron chi connectivity index (χ1n) is 10.1. The number of aryl methyl sites for hydroxylation is 1. The molecule has 0 unspecified atom stereocenters. The van der Waals surface area contributed by atoms with Crippen molar-refractivity contribution < 1.29 is 4.74 Å². The molecule has 28 heavy (non-hydrogen) atoms. The maximum Gasteiger partial charge on any atom is 0.173 e. The fourth-order valence-corrected chi connectivity index (χ4v) is 3.66. The second-order valence-electron chi connectivity index (χ2n) is 7.56. The Bertz CT molecular complexity index is 752. The summed E-state index contributed by atoms with van der Waals surface area (Å²) in [5, 5.41) is 4.16. The molecular formula is C23H31N3OS. The van der Waals surface area contributed by atoms with Gasteiger partial charge < -0.3 is 19.9 Å². The maximum atomic E-state index is 5.87. The van der Waals surface area contributed by atoms with Crippen molar-refractivity contribution in [2.75, 3.05) is 37.5 Å². The van der Waals surface area contributed by atoms with Crippen molar-refractivity contribution in [2.45, 2.75) is 38.8 Å². The zero-order valence-electron chi connectivity index (χ0n) is 17.1. The first-order chi connectivity index (χ1) is 13.5. The standard InChI is InChI=1S/C23H31N3OS/c1-4-18-7-11-20(12-8-18)24-23(28)26(17-22-6-5-15-27-22)16-19-9-13-21(14-10-19)25(2)3/h7-14,22H,4-6,15-17H2,1-3H3,(H,24,28)/t22-/m0/s1. The Kier molecular flexibility index (Phi) is 7.29. The van der Waals surface area contributed by atoms with E-state index in [-0.39, 0.29) is 6.10 Å². The van der Waals surface area contributed by atoms with Gasteiger partial charge in [-0.3, -0.25) is 0 Å². The molecule has 1 N–H and O–H groups in total. The summed E-state index contributed by atoms with van der Waals surface area (Å²) >= 11 is 5.77. The van der Waals surface area contributed by atoms with Gasteiger partial charge in [0.1, 0.15) is 0 Å². The molecule has 1 aliphatic rings. The molecule has 2 aromatic carbocycles. The third-order valence-corrected chi connectivity index (χ3v) is 5.54. The van der Waals surface area contributed by atoms with Crippen LogP contribution in [-0.2, 0) is 17.7 Å². The molecule has 5 heteroatoms. The summed E-state index contributed by atoms with van der Waals surface area (Å²) in [5.41, 5.74) is 4.80. The number of benzene rings is 2. The van der Waals surface area contributed by atoms with E-state index in [2.05, 4.69) is 84.7 Å². The number of nitrogens with one attached hydrogen (secondary N) is 1. The number of hydrogen-bond donors (Lipinski definition) is 1. The van der Waals surface area contributed by atoms with Crippen molar-refractivity contribution >= 4 is 28.7 Å². The molecule has 1 aliphatic heterocycles. The quantitative estimate of drug-likeness (QED) is 0.684. The minimum atomic E-state index is 0.253. The molecule has 0 radical (unpaired) electrons. The number of rotatable bonds is 7. The van der Waals surface area contributed by atoms with Crippen molar-refractivity contribution in [3.8, 4) is 0 Å². The Hall–Kier alpha value is -2.11. The zero-order chi connectivity index (χ0) is 19.9. The number of hydrogen-bond acceptors (Lipinski definition) is 3. The Morgan fingerprint density at radius 3 is 2.32 bits per heavy atom. The molecule has 2 aromatic rings. The molecule has 0 amide bonds. The smallest absolute Gasteiger partial charge is 0.173 e. The van der Waals surface area contributed by atoms with Crippen LogP contribution in [0.2, 0.25) is 0 Å². The van der Waals surface area contributed by atoms with Gasteiger partial charge in [-0.05, 0) is 66.9 Å². The summed E-state index contributed by atoms with van der Waals surface area (Å²) in [6.07, 6.45) is 3.53. The number of thiocarbonyl (C=S) groups is 1. The summed E-state index contributed by atoms with van der Waals surface area (Å²) in [7, 11) is 4.11. The van der Waals surface area contributed by atoms with Crippen LogP contribution in [0.15, 0.2) is 48.5 Å². The highest BCUT2D eigenvalue weighted by Gasteiger charge is 2.21. The van der Waals surface area contributed by atoms with Gasteiger partial charge in [0.15, 0.2) is 5.11 Å². The summed E-state index contributed by atoms with van der Waals surface area (Å²) in [5.74, 6) is 0. The lowest BCUT2D eigenvalue weighted by Crippen LogP contribution is -2.39. The van der Waals surface area contributed by atoms with Crippen LogP contribution in [-0.4, -0.2) is 43.4 Å². The van der Waals surface area contributed by atoms with Crippen LogP contribution >= 0.6 is 12.2 Å². The minimum absolute atomic E-state index is 0.253. The van der Waals surface area contributed by atoms with Crippen LogP contribution in [0.3, 0.4) is 0 Å². The Morgan fingerprint density at radius 1 is 1.07 bits per heavy atom. The molecular weight excluding hydrogens is 366 g/mol. The molecule has 1 heterocycles. The van der Waals surface area contributed by atoms with Crippen molar-refractivity contribution in [2.24, 2.45) is 0 Å². The lowest BCUT2D eigenvalue weighted by Gasteiger charge is -2.28. The van der Waals surface area contributed by atoms with Crippen LogP contribution in [0.4, 0.5) is 11.4 Å². The summed E-state index contributed by atoms with van der Waals surface area (Å²) < 4.78 is 5.87. The van der Waals surface area contributed by atoms with E-state index >= 15 is 0 Å². The van der Waals surface area contributed by atoms with E-state index in [9.17, 15) is 0 Å². The van der Waals surface area contributed by atoms with Gasteiger partial charge in [0, 0.05) is 45.2 Å². The SMILES string of the molecule is CCc1ccc(NC(=S)N(Cc2ccc(N(C)C)cc2)C[C@@H]2CCCO2)cc1. The predicted molar refractivity (Wildman–Crippen MR) is 122 cm³/mol. The summed E-state index contributed by atoms with van der Waals surface area (Å²) in [6.45, 7) is 4.60. The lowest BCUT2D eigenvalue weighted by molar-refractivity contribution is 0.0905. The topological polar surface area (TPSA) is 27.7 Å². The number of ether oxygens (including phenoxy) is 1. The molecule has 0 saturated carbocycles. The molecule has 1 atom stereocenters. The van der Waals surface area contributed by atoms with Crippen LogP contribution in [0.5, 0.6) is 0 Å². The van der Waals surface area contributed by atoms with Crippen LogP contribution in [0, 0.1) is 0 Å². The van der Waals surface area contributed by atoms with Crippen LogP contribution in [0.1, 0.15) is 30.9 Å².